The molecule has 1 aliphatic rings. The third kappa shape index (κ3) is 4.09. The zero-order valence-electron chi connectivity index (χ0n) is 15.7. The monoisotopic (exact) mass is 435 g/mol. The van der Waals surface area contributed by atoms with E-state index in [0.717, 1.165) is 15.3 Å². The summed E-state index contributed by atoms with van der Waals surface area (Å²) in [7, 11) is 1.61. The molecule has 0 radical (unpaired) electrons. The maximum Gasteiger partial charge on any atom is 0.260 e. The van der Waals surface area contributed by atoms with Crippen LogP contribution in [0.25, 0.3) is 10.2 Å². The predicted octanol–water partition coefficient (Wildman–Crippen LogP) is 3.83. The van der Waals surface area contributed by atoms with Gasteiger partial charge in [0.2, 0.25) is 0 Å². The maximum absolute atomic E-state index is 13.6. The zero-order chi connectivity index (χ0) is 20.4. The molecule has 2 aromatic carbocycles. The van der Waals surface area contributed by atoms with E-state index in [2.05, 4.69) is 9.88 Å². The number of nitrogens with zero attached hydrogens (tertiary/aromatic N) is 3. The molecular weight excluding hydrogens is 417 g/mol. The number of benzene rings is 2. The Labute approximate surface area is 176 Å². The van der Waals surface area contributed by atoms with Gasteiger partial charge in [-0.1, -0.05) is 35.1 Å². The number of methoxy groups -OCH3 is 1. The van der Waals surface area contributed by atoms with E-state index in [9.17, 15) is 9.18 Å². The van der Waals surface area contributed by atoms with Crippen LogP contribution in [0, 0.1) is 5.82 Å². The van der Waals surface area contributed by atoms with Crippen molar-refractivity contribution in [3.8, 4) is 11.5 Å². The van der Waals surface area contributed by atoms with Crippen LogP contribution in [0.5, 0.6) is 11.5 Å². The van der Waals surface area contributed by atoms with E-state index in [4.69, 9.17) is 21.1 Å². The highest BCUT2D eigenvalue weighted by Crippen LogP contribution is 2.38. The first-order valence-corrected chi connectivity index (χ1v) is 10.3. The summed E-state index contributed by atoms with van der Waals surface area (Å²) >= 11 is 7.81. The molecule has 152 valence electrons. The Hall–Kier alpha value is -2.58. The number of carbonyl (C=O) groups excluding carboxylic acids is 1. The summed E-state index contributed by atoms with van der Waals surface area (Å²) in [6.07, 6.45) is 0. The second kappa shape index (κ2) is 8.42. The number of anilines is 1. The van der Waals surface area contributed by atoms with Gasteiger partial charge in [0.1, 0.15) is 11.3 Å². The van der Waals surface area contributed by atoms with Crippen molar-refractivity contribution in [1.82, 2.24) is 9.88 Å². The summed E-state index contributed by atoms with van der Waals surface area (Å²) < 4.78 is 25.2. The van der Waals surface area contributed by atoms with E-state index < -0.39 is 5.82 Å². The number of fused-ring (bicyclic) bond motifs is 1. The normalized spacial score (nSPS) is 14.3. The second-order valence-electron chi connectivity index (χ2n) is 6.51. The number of piperazine rings is 1. The smallest absolute Gasteiger partial charge is 0.260 e. The number of ether oxygens (including phenoxy) is 2. The van der Waals surface area contributed by atoms with E-state index in [0.29, 0.717) is 37.0 Å². The molecule has 4 rings (SSSR count). The molecule has 29 heavy (non-hydrogen) atoms. The van der Waals surface area contributed by atoms with Gasteiger partial charge in [-0.15, -0.1) is 0 Å². The fraction of sp³-hybridized carbons (Fsp3) is 0.300. The van der Waals surface area contributed by atoms with Crippen molar-refractivity contribution in [2.45, 2.75) is 0 Å². The third-order valence-corrected chi connectivity index (χ3v) is 6.33. The van der Waals surface area contributed by atoms with Crippen LogP contribution >= 0.6 is 22.9 Å². The summed E-state index contributed by atoms with van der Waals surface area (Å²) in [5, 5.41) is 1.49. The lowest BCUT2D eigenvalue weighted by Gasteiger charge is -2.34. The minimum absolute atomic E-state index is 0.0831. The predicted molar refractivity (Wildman–Crippen MR) is 112 cm³/mol. The van der Waals surface area contributed by atoms with Crippen molar-refractivity contribution in [2.24, 2.45) is 0 Å². The summed E-state index contributed by atoms with van der Waals surface area (Å²) in [6, 6.07) is 9.66. The summed E-state index contributed by atoms with van der Waals surface area (Å²) in [5.74, 6) is 0.128. The number of carbonyl (C=O) groups is 1. The molecule has 1 saturated heterocycles. The average molecular weight is 436 g/mol. The molecule has 3 aromatic rings. The summed E-state index contributed by atoms with van der Waals surface area (Å²) in [6.45, 7) is 2.19. The molecule has 0 bridgehead atoms. The van der Waals surface area contributed by atoms with Gasteiger partial charge in [0.25, 0.3) is 5.91 Å². The quantitative estimate of drug-likeness (QED) is 0.609. The first kappa shape index (κ1) is 19.7. The van der Waals surface area contributed by atoms with Crippen molar-refractivity contribution in [2.75, 3.05) is 44.8 Å². The van der Waals surface area contributed by atoms with Crippen LogP contribution in [-0.2, 0) is 4.79 Å². The number of aromatic nitrogens is 1. The van der Waals surface area contributed by atoms with Gasteiger partial charge in [-0.3, -0.25) is 4.79 Å². The SMILES string of the molecule is COc1ccc(Cl)c2sc(N3CCN(C(=O)COc4ccccc4F)CC3)nc12. The molecule has 6 nitrogen and oxygen atoms in total. The molecule has 0 N–H and O–H groups in total. The van der Waals surface area contributed by atoms with Crippen molar-refractivity contribution in [3.05, 3.63) is 47.2 Å². The maximum atomic E-state index is 13.6. The van der Waals surface area contributed by atoms with E-state index in [1.807, 2.05) is 0 Å². The van der Waals surface area contributed by atoms with E-state index in [-0.39, 0.29) is 18.3 Å². The lowest BCUT2D eigenvalue weighted by molar-refractivity contribution is -0.133. The second-order valence-corrected chi connectivity index (χ2v) is 7.90. The van der Waals surface area contributed by atoms with Gasteiger partial charge in [-0.25, -0.2) is 9.37 Å². The Bertz CT molecular complexity index is 1040. The topological polar surface area (TPSA) is 54.9 Å². The largest absolute Gasteiger partial charge is 0.494 e. The minimum Gasteiger partial charge on any atom is -0.494 e. The average Bonchev–Trinajstić information content (AvgIpc) is 3.20. The summed E-state index contributed by atoms with van der Waals surface area (Å²) in [4.78, 5) is 20.9. The lowest BCUT2D eigenvalue weighted by atomic mass is 10.3. The highest BCUT2D eigenvalue weighted by Gasteiger charge is 2.24. The number of amides is 1. The Morgan fingerprint density at radius 2 is 1.93 bits per heavy atom. The molecule has 0 unspecified atom stereocenters. The van der Waals surface area contributed by atoms with Crippen LogP contribution in [0.4, 0.5) is 9.52 Å². The fourth-order valence-electron chi connectivity index (χ4n) is 3.18. The van der Waals surface area contributed by atoms with E-state index >= 15 is 0 Å². The first-order valence-electron chi connectivity index (χ1n) is 9.10. The highest BCUT2D eigenvalue weighted by molar-refractivity contribution is 7.22. The van der Waals surface area contributed by atoms with Gasteiger partial charge in [0.05, 0.1) is 16.8 Å². The Morgan fingerprint density at radius 1 is 1.17 bits per heavy atom. The van der Waals surface area contributed by atoms with Crippen LogP contribution in [0.2, 0.25) is 5.02 Å². The molecule has 1 aromatic heterocycles. The minimum atomic E-state index is -0.477. The van der Waals surface area contributed by atoms with Crippen LogP contribution in [0.15, 0.2) is 36.4 Å². The molecule has 2 heterocycles. The molecule has 1 fully saturated rings. The fourth-order valence-corrected chi connectivity index (χ4v) is 4.49. The molecule has 1 aliphatic heterocycles. The van der Waals surface area contributed by atoms with E-state index in [1.165, 1.54) is 23.5 Å². The zero-order valence-corrected chi connectivity index (χ0v) is 17.3. The number of hydrogen-bond donors (Lipinski definition) is 0. The molecule has 0 aliphatic carbocycles. The number of hydrogen-bond acceptors (Lipinski definition) is 6. The molecule has 1 amide bonds. The Kier molecular flexibility index (Phi) is 5.73. The van der Waals surface area contributed by atoms with Gasteiger partial charge in [0.15, 0.2) is 23.3 Å². The van der Waals surface area contributed by atoms with Crippen LogP contribution in [-0.4, -0.2) is 55.7 Å². The van der Waals surface area contributed by atoms with Gasteiger partial charge in [-0.05, 0) is 24.3 Å². The number of para-hydroxylation sites is 1. The third-order valence-electron chi connectivity index (χ3n) is 4.76. The highest BCUT2D eigenvalue weighted by atomic mass is 35.5. The summed E-state index contributed by atoms with van der Waals surface area (Å²) in [5.41, 5.74) is 0.747. The van der Waals surface area contributed by atoms with Crippen LogP contribution in [0.1, 0.15) is 0 Å². The van der Waals surface area contributed by atoms with Crippen molar-refractivity contribution < 1.29 is 18.7 Å². The van der Waals surface area contributed by atoms with Crippen LogP contribution in [0.3, 0.4) is 0 Å². The number of halogens is 2. The molecular formula is C20H19ClFN3O3S. The molecule has 0 atom stereocenters. The van der Waals surface area contributed by atoms with Gasteiger partial charge in [-0.2, -0.15) is 0 Å². The Morgan fingerprint density at radius 3 is 2.66 bits per heavy atom. The van der Waals surface area contributed by atoms with Crippen molar-refractivity contribution in [1.29, 1.82) is 0 Å². The van der Waals surface area contributed by atoms with Crippen LogP contribution < -0.4 is 14.4 Å². The molecule has 0 spiro atoms. The number of rotatable bonds is 5. The first-order chi connectivity index (χ1) is 14.1. The van der Waals surface area contributed by atoms with Crippen molar-refractivity contribution in [3.63, 3.8) is 0 Å². The number of thiazole rings is 1. The van der Waals surface area contributed by atoms with E-state index in [1.54, 1.807) is 36.3 Å². The molecule has 9 heteroatoms. The van der Waals surface area contributed by atoms with Gasteiger partial charge >= 0.3 is 0 Å². The van der Waals surface area contributed by atoms with Crippen molar-refractivity contribution >= 4 is 44.2 Å². The standard InChI is InChI=1S/C20H19ClFN3O3S/c1-27-16-7-6-13(21)19-18(16)23-20(29-19)25-10-8-24(9-11-25)17(26)12-28-15-5-3-2-4-14(15)22/h2-7H,8-12H2,1H3. The van der Waals surface area contributed by atoms with Gasteiger partial charge in [0, 0.05) is 26.2 Å². The molecule has 0 saturated carbocycles. The van der Waals surface area contributed by atoms with Gasteiger partial charge < -0.3 is 19.3 Å². The Balaban J connectivity index is 1.38. The lowest BCUT2D eigenvalue weighted by Crippen LogP contribution is -2.50.